The number of para-hydroxylation sites is 2. The molecule has 1 aliphatic heterocycles. The van der Waals surface area contributed by atoms with Gasteiger partial charge in [-0.05, 0) is 67.4 Å². The largest absolute Gasteiger partial charge is 0.399 e. The lowest BCUT2D eigenvalue weighted by Crippen LogP contribution is -2.32. The molecular weight excluding hydrogens is 532 g/mol. The second kappa shape index (κ2) is 8.63. The molecule has 2 N–H and O–H groups in total. The molecule has 0 saturated carbocycles. The Hall–Kier alpha value is -4.37. The molecule has 3 aromatic carbocycles. The van der Waals surface area contributed by atoms with Gasteiger partial charge in [0.15, 0.2) is 5.65 Å². The minimum absolute atomic E-state index is 0.120. The molecular formula is C28H21BrN6O2. The van der Waals surface area contributed by atoms with Crippen molar-refractivity contribution in [2.75, 3.05) is 5.73 Å². The molecule has 182 valence electrons. The number of imide groups is 1. The fourth-order valence-corrected chi connectivity index (χ4v) is 5.11. The van der Waals surface area contributed by atoms with E-state index in [1.165, 1.54) is 0 Å². The predicted octanol–water partition coefficient (Wildman–Crippen LogP) is 5.30. The fraction of sp³-hybridized carbons (Fsp3) is 0.107. The van der Waals surface area contributed by atoms with Crippen molar-refractivity contribution in [3.8, 4) is 0 Å². The molecule has 0 radical (unpaired) electrons. The molecule has 2 aromatic heterocycles. The van der Waals surface area contributed by atoms with Gasteiger partial charge in [0.05, 0.1) is 27.8 Å². The number of allylic oxidation sites excluding steroid dienone is 1. The molecule has 5 aromatic rings. The summed E-state index contributed by atoms with van der Waals surface area (Å²) >= 11 is 3.53. The third-order valence-corrected chi connectivity index (χ3v) is 7.07. The van der Waals surface area contributed by atoms with E-state index in [9.17, 15) is 9.59 Å². The van der Waals surface area contributed by atoms with Crippen LogP contribution in [0.5, 0.6) is 0 Å². The summed E-state index contributed by atoms with van der Waals surface area (Å²) in [5, 5.41) is 6.15. The van der Waals surface area contributed by atoms with Crippen molar-refractivity contribution in [2.24, 2.45) is 5.10 Å². The highest BCUT2D eigenvalue weighted by Crippen LogP contribution is 2.31. The SMILES string of the molecule is CC1=NN(C(=O)Cn2c3ccc(Br)cc3c3nc4ccccc4nc32)C(=O)/C1=C(/C)c1ccc(N)cc1. The van der Waals surface area contributed by atoms with Gasteiger partial charge in [-0.15, -0.1) is 0 Å². The average molecular weight is 553 g/mol. The molecule has 0 atom stereocenters. The summed E-state index contributed by atoms with van der Waals surface area (Å²) < 4.78 is 2.69. The topological polar surface area (TPSA) is 106 Å². The quantitative estimate of drug-likeness (QED) is 0.241. The van der Waals surface area contributed by atoms with E-state index < -0.39 is 11.8 Å². The van der Waals surface area contributed by atoms with Gasteiger partial charge in [-0.2, -0.15) is 10.1 Å². The van der Waals surface area contributed by atoms with Crippen LogP contribution in [0, 0.1) is 0 Å². The molecule has 0 bridgehead atoms. The van der Waals surface area contributed by atoms with Gasteiger partial charge in [0.2, 0.25) is 0 Å². The first-order valence-electron chi connectivity index (χ1n) is 11.7. The Morgan fingerprint density at radius 1 is 1.00 bits per heavy atom. The van der Waals surface area contributed by atoms with E-state index in [2.05, 4.69) is 21.0 Å². The molecule has 37 heavy (non-hydrogen) atoms. The third kappa shape index (κ3) is 3.79. The molecule has 2 amide bonds. The second-order valence-electron chi connectivity index (χ2n) is 8.95. The zero-order valence-electron chi connectivity index (χ0n) is 20.1. The van der Waals surface area contributed by atoms with Crippen LogP contribution in [0.3, 0.4) is 0 Å². The van der Waals surface area contributed by atoms with E-state index in [0.717, 1.165) is 42.6 Å². The summed E-state index contributed by atoms with van der Waals surface area (Å²) in [7, 11) is 0. The highest BCUT2D eigenvalue weighted by Gasteiger charge is 2.34. The van der Waals surface area contributed by atoms with Crippen molar-refractivity contribution in [2.45, 2.75) is 20.4 Å². The number of nitrogens with two attached hydrogens (primary N) is 1. The summed E-state index contributed by atoms with van der Waals surface area (Å²) in [6.07, 6.45) is 0. The lowest BCUT2D eigenvalue weighted by molar-refractivity contribution is -0.141. The number of carbonyl (C=O) groups excluding carboxylic acids is 2. The Morgan fingerprint density at radius 3 is 2.43 bits per heavy atom. The molecule has 8 nitrogen and oxygen atoms in total. The zero-order valence-corrected chi connectivity index (χ0v) is 21.7. The summed E-state index contributed by atoms with van der Waals surface area (Å²) in [5.41, 5.74) is 12.5. The maximum atomic E-state index is 13.5. The number of hydrogen-bond donors (Lipinski definition) is 1. The maximum absolute atomic E-state index is 13.5. The lowest BCUT2D eigenvalue weighted by atomic mass is 9.98. The normalized spacial score (nSPS) is 15.2. The number of hydrazone groups is 1. The van der Waals surface area contributed by atoms with Crippen LogP contribution in [-0.2, 0) is 16.1 Å². The molecule has 0 unspecified atom stereocenters. The van der Waals surface area contributed by atoms with Gasteiger partial charge in [0.25, 0.3) is 11.8 Å². The summed E-state index contributed by atoms with van der Waals surface area (Å²) in [4.78, 5) is 36.6. The summed E-state index contributed by atoms with van der Waals surface area (Å²) in [5.74, 6) is -0.905. The number of hydrogen-bond acceptors (Lipinski definition) is 6. The van der Waals surface area contributed by atoms with E-state index in [4.69, 9.17) is 15.7 Å². The van der Waals surface area contributed by atoms with Gasteiger partial charge in [0, 0.05) is 15.5 Å². The zero-order chi connectivity index (χ0) is 25.8. The van der Waals surface area contributed by atoms with Crippen molar-refractivity contribution in [3.05, 3.63) is 82.3 Å². The van der Waals surface area contributed by atoms with Crippen molar-refractivity contribution >= 4 is 77.8 Å². The number of amides is 2. The lowest BCUT2D eigenvalue weighted by Gasteiger charge is -2.13. The molecule has 1 aliphatic rings. The maximum Gasteiger partial charge on any atom is 0.283 e. The predicted molar refractivity (Wildman–Crippen MR) is 149 cm³/mol. The molecule has 0 aliphatic carbocycles. The van der Waals surface area contributed by atoms with Crippen molar-refractivity contribution in [3.63, 3.8) is 0 Å². The van der Waals surface area contributed by atoms with Crippen molar-refractivity contribution in [1.82, 2.24) is 19.5 Å². The number of benzene rings is 3. The first-order valence-corrected chi connectivity index (χ1v) is 12.4. The highest BCUT2D eigenvalue weighted by molar-refractivity contribution is 9.10. The number of fused-ring (bicyclic) bond motifs is 4. The summed E-state index contributed by atoms with van der Waals surface area (Å²) in [6, 6.07) is 20.6. The van der Waals surface area contributed by atoms with Crippen LogP contribution in [0.25, 0.3) is 38.7 Å². The van der Waals surface area contributed by atoms with Crippen LogP contribution in [0.4, 0.5) is 5.69 Å². The van der Waals surface area contributed by atoms with E-state index in [-0.39, 0.29) is 6.54 Å². The van der Waals surface area contributed by atoms with E-state index in [0.29, 0.717) is 28.1 Å². The van der Waals surface area contributed by atoms with Gasteiger partial charge in [-0.1, -0.05) is 40.2 Å². The van der Waals surface area contributed by atoms with E-state index in [1.54, 1.807) is 23.6 Å². The van der Waals surface area contributed by atoms with Gasteiger partial charge in [0.1, 0.15) is 12.1 Å². The van der Waals surface area contributed by atoms with Gasteiger partial charge < -0.3 is 10.3 Å². The standard InChI is InChI=1S/C28H21BrN6O2/c1-15(17-7-10-19(30)11-8-17)25-16(2)33-35(28(25)37)24(36)14-34-23-12-9-18(29)13-20(23)26-27(34)32-22-6-4-3-5-21(22)31-26/h3-13H,14,30H2,1-2H3/b25-15-. The number of anilines is 1. The Labute approximate surface area is 220 Å². The molecule has 3 heterocycles. The average Bonchev–Trinajstić information content (AvgIpc) is 3.35. The Morgan fingerprint density at radius 2 is 1.70 bits per heavy atom. The van der Waals surface area contributed by atoms with Crippen LogP contribution < -0.4 is 5.73 Å². The van der Waals surface area contributed by atoms with Crippen LogP contribution in [0.1, 0.15) is 19.4 Å². The Kier molecular flexibility index (Phi) is 5.38. The minimum atomic E-state index is -0.457. The van der Waals surface area contributed by atoms with Crippen LogP contribution in [0.15, 0.2) is 81.9 Å². The molecule has 9 heteroatoms. The number of halogens is 1. The van der Waals surface area contributed by atoms with E-state index >= 15 is 0 Å². The second-order valence-corrected chi connectivity index (χ2v) is 9.87. The van der Waals surface area contributed by atoms with E-state index in [1.807, 2.05) is 61.5 Å². The Balaban J connectivity index is 1.42. The number of rotatable bonds is 3. The summed E-state index contributed by atoms with van der Waals surface area (Å²) in [6.45, 7) is 3.46. The smallest absolute Gasteiger partial charge is 0.283 e. The number of nitrogens with zero attached hydrogens (tertiary/aromatic N) is 5. The third-order valence-electron chi connectivity index (χ3n) is 6.58. The van der Waals surface area contributed by atoms with Crippen LogP contribution in [-0.4, -0.2) is 37.1 Å². The number of nitrogen functional groups attached to an aromatic ring is 1. The molecule has 0 fully saturated rings. The Bertz CT molecular complexity index is 1840. The van der Waals surface area contributed by atoms with Crippen LogP contribution >= 0.6 is 15.9 Å². The fourth-order valence-electron chi connectivity index (χ4n) is 4.75. The highest BCUT2D eigenvalue weighted by atomic mass is 79.9. The number of carbonyl (C=O) groups is 2. The number of aromatic nitrogens is 3. The monoisotopic (exact) mass is 552 g/mol. The molecule has 0 saturated heterocycles. The molecule has 0 spiro atoms. The van der Waals surface area contributed by atoms with Crippen molar-refractivity contribution in [1.29, 1.82) is 0 Å². The van der Waals surface area contributed by atoms with Gasteiger partial charge in [-0.3, -0.25) is 9.59 Å². The first-order chi connectivity index (χ1) is 17.8. The molecule has 6 rings (SSSR count). The first kappa shape index (κ1) is 23.1. The minimum Gasteiger partial charge on any atom is -0.399 e. The van der Waals surface area contributed by atoms with Gasteiger partial charge >= 0.3 is 0 Å². The van der Waals surface area contributed by atoms with Crippen LogP contribution in [0.2, 0.25) is 0 Å². The van der Waals surface area contributed by atoms with Crippen molar-refractivity contribution < 1.29 is 9.59 Å². The van der Waals surface area contributed by atoms with Gasteiger partial charge in [-0.25, -0.2) is 9.97 Å².